The zero-order valence-corrected chi connectivity index (χ0v) is 11.2. The first-order chi connectivity index (χ1) is 8.22. The quantitative estimate of drug-likeness (QED) is 0.814. The Balaban J connectivity index is 2.49. The summed E-state index contributed by atoms with van der Waals surface area (Å²) in [7, 11) is 1.59. The van der Waals surface area contributed by atoms with E-state index in [0.717, 1.165) is 0 Å². The number of aromatic nitrogens is 4. The minimum Gasteiger partial charge on any atom is -0.378 e. The number of methoxy groups -OCH3 is 1. The number of ether oxygens (including phenoxy) is 1. The number of hydrogen-bond donors (Lipinski definition) is 0. The molecule has 2 rings (SSSR count). The van der Waals surface area contributed by atoms with Gasteiger partial charge in [-0.3, -0.25) is 4.98 Å². The lowest BCUT2D eigenvalue weighted by Gasteiger charge is -2.06. The van der Waals surface area contributed by atoms with Crippen molar-refractivity contribution in [1.82, 2.24) is 19.9 Å². The molecule has 17 heavy (non-hydrogen) atoms. The Morgan fingerprint density at radius 3 is 2.82 bits per heavy atom. The van der Waals surface area contributed by atoms with Crippen LogP contribution in [0.2, 0.25) is 5.15 Å². The molecule has 0 unspecified atom stereocenters. The fourth-order valence-corrected chi connectivity index (χ4v) is 1.71. The summed E-state index contributed by atoms with van der Waals surface area (Å²) in [5.41, 5.74) is 1.24. The standard InChI is InChI=1S/C10H8BrClN4O/c1-17-5-7-8(11)9(12)16-10(15-7)6-4-13-2-3-14-6/h2-4H,5H2,1H3. The van der Waals surface area contributed by atoms with E-state index in [1.807, 2.05) is 0 Å². The topological polar surface area (TPSA) is 60.8 Å². The van der Waals surface area contributed by atoms with E-state index >= 15 is 0 Å². The second-order valence-electron chi connectivity index (χ2n) is 3.12. The fraction of sp³-hybridized carbons (Fsp3) is 0.200. The highest BCUT2D eigenvalue weighted by Gasteiger charge is 2.12. The highest BCUT2D eigenvalue weighted by Crippen LogP contribution is 2.26. The minimum absolute atomic E-state index is 0.327. The summed E-state index contributed by atoms with van der Waals surface area (Å²) in [5.74, 6) is 0.429. The van der Waals surface area contributed by atoms with E-state index in [-0.39, 0.29) is 0 Å². The maximum absolute atomic E-state index is 6.00. The molecular formula is C10H8BrClN4O. The number of rotatable bonds is 3. The lowest BCUT2D eigenvalue weighted by Crippen LogP contribution is -2.01. The summed E-state index contributed by atoms with van der Waals surface area (Å²) in [6, 6.07) is 0. The van der Waals surface area contributed by atoms with Crippen molar-refractivity contribution < 1.29 is 4.74 Å². The summed E-state index contributed by atoms with van der Waals surface area (Å²) in [6.07, 6.45) is 4.74. The number of nitrogens with zero attached hydrogens (tertiary/aromatic N) is 4. The first-order valence-electron chi connectivity index (χ1n) is 4.69. The molecule has 0 saturated carbocycles. The third-order valence-corrected chi connectivity index (χ3v) is 3.29. The van der Waals surface area contributed by atoms with Gasteiger partial charge < -0.3 is 4.74 Å². The molecule has 0 atom stereocenters. The highest BCUT2D eigenvalue weighted by atomic mass is 79.9. The van der Waals surface area contributed by atoms with Crippen molar-refractivity contribution in [3.63, 3.8) is 0 Å². The summed E-state index contributed by atoms with van der Waals surface area (Å²) in [6.45, 7) is 0.343. The van der Waals surface area contributed by atoms with E-state index in [2.05, 4.69) is 35.9 Å². The number of halogens is 2. The molecule has 88 valence electrons. The van der Waals surface area contributed by atoms with E-state index in [1.165, 1.54) is 0 Å². The van der Waals surface area contributed by atoms with Gasteiger partial charge in [-0.25, -0.2) is 15.0 Å². The van der Waals surface area contributed by atoms with E-state index in [1.54, 1.807) is 25.7 Å². The van der Waals surface area contributed by atoms with Gasteiger partial charge in [-0.1, -0.05) is 11.6 Å². The first-order valence-corrected chi connectivity index (χ1v) is 5.86. The molecule has 2 heterocycles. The zero-order chi connectivity index (χ0) is 12.3. The van der Waals surface area contributed by atoms with Gasteiger partial charge in [0, 0.05) is 19.5 Å². The predicted octanol–water partition coefficient (Wildman–Crippen LogP) is 2.50. The van der Waals surface area contributed by atoms with Gasteiger partial charge in [0.05, 0.1) is 23.0 Å². The number of hydrogen-bond acceptors (Lipinski definition) is 5. The molecule has 0 aromatic carbocycles. The Morgan fingerprint density at radius 1 is 1.35 bits per heavy atom. The van der Waals surface area contributed by atoms with Crippen LogP contribution in [0.4, 0.5) is 0 Å². The van der Waals surface area contributed by atoms with Crippen LogP contribution in [-0.4, -0.2) is 27.0 Å². The maximum Gasteiger partial charge on any atom is 0.181 e. The molecule has 5 nitrogen and oxygen atoms in total. The van der Waals surface area contributed by atoms with Gasteiger partial charge in [0.25, 0.3) is 0 Å². The van der Waals surface area contributed by atoms with Gasteiger partial charge in [0.2, 0.25) is 0 Å². The van der Waals surface area contributed by atoms with Crippen LogP contribution in [0.3, 0.4) is 0 Å². The Labute approximate surface area is 111 Å². The summed E-state index contributed by atoms with van der Waals surface area (Å²) in [4.78, 5) is 16.5. The van der Waals surface area contributed by atoms with E-state index in [4.69, 9.17) is 16.3 Å². The predicted molar refractivity (Wildman–Crippen MR) is 66.5 cm³/mol. The van der Waals surface area contributed by atoms with Gasteiger partial charge in [0.15, 0.2) is 5.82 Å². The molecule has 0 radical (unpaired) electrons. The van der Waals surface area contributed by atoms with Gasteiger partial charge in [-0.05, 0) is 15.9 Å². The lowest BCUT2D eigenvalue weighted by molar-refractivity contribution is 0.181. The molecule has 0 amide bonds. The van der Waals surface area contributed by atoms with Crippen LogP contribution in [0, 0.1) is 0 Å². The van der Waals surface area contributed by atoms with Crippen molar-refractivity contribution in [3.05, 3.63) is 33.9 Å². The molecule has 0 aliphatic carbocycles. The summed E-state index contributed by atoms with van der Waals surface area (Å²) in [5, 5.41) is 0.327. The van der Waals surface area contributed by atoms with Crippen LogP contribution in [0.15, 0.2) is 23.1 Å². The molecule has 0 N–H and O–H groups in total. The van der Waals surface area contributed by atoms with Crippen LogP contribution in [0.5, 0.6) is 0 Å². The average Bonchev–Trinajstić information content (AvgIpc) is 2.36. The molecule has 7 heteroatoms. The molecular weight excluding hydrogens is 307 g/mol. The molecule has 2 aromatic rings. The monoisotopic (exact) mass is 314 g/mol. The average molecular weight is 316 g/mol. The smallest absolute Gasteiger partial charge is 0.181 e. The molecule has 0 fully saturated rings. The van der Waals surface area contributed by atoms with Crippen molar-refractivity contribution in [3.8, 4) is 11.5 Å². The molecule has 0 aliphatic heterocycles. The second-order valence-corrected chi connectivity index (χ2v) is 4.27. The van der Waals surface area contributed by atoms with E-state index in [9.17, 15) is 0 Å². The van der Waals surface area contributed by atoms with Gasteiger partial charge in [0.1, 0.15) is 10.8 Å². The highest BCUT2D eigenvalue weighted by molar-refractivity contribution is 9.10. The summed E-state index contributed by atoms with van der Waals surface area (Å²) >= 11 is 9.32. The SMILES string of the molecule is COCc1nc(-c2cnccn2)nc(Cl)c1Br. The van der Waals surface area contributed by atoms with Crippen LogP contribution >= 0.6 is 27.5 Å². The van der Waals surface area contributed by atoms with Crippen molar-refractivity contribution in [2.24, 2.45) is 0 Å². The normalized spacial score (nSPS) is 10.5. The first kappa shape index (κ1) is 12.3. The largest absolute Gasteiger partial charge is 0.378 e. The minimum atomic E-state index is 0.327. The van der Waals surface area contributed by atoms with Crippen molar-refractivity contribution in [1.29, 1.82) is 0 Å². The maximum atomic E-state index is 6.00. The molecule has 0 aliphatic rings. The van der Waals surface area contributed by atoms with E-state index in [0.29, 0.717) is 33.4 Å². The third kappa shape index (κ3) is 2.77. The van der Waals surface area contributed by atoms with Crippen molar-refractivity contribution in [2.75, 3.05) is 7.11 Å². The summed E-state index contributed by atoms with van der Waals surface area (Å²) < 4.78 is 5.67. The Bertz CT molecular complexity index is 523. The Hall–Kier alpha value is -1.11. The van der Waals surface area contributed by atoms with Gasteiger partial charge >= 0.3 is 0 Å². The van der Waals surface area contributed by atoms with Crippen molar-refractivity contribution in [2.45, 2.75) is 6.61 Å². The third-order valence-electron chi connectivity index (χ3n) is 1.95. The van der Waals surface area contributed by atoms with Crippen LogP contribution in [-0.2, 0) is 11.3 Å². The Kier molecular flexibility index (Phi) is 3.98. The Morgan fingerprint density at radius 2 is 2.18 bits per heavy atom. The van der Waals surface area contributed by atoms with Gasteiger partial charge in [-0.15, -0.1) is 0 Å². The fourth-order valence-electron chi connectivity index (χ4n) is 1.22. The van der Waals surface area contributed by atoms with Crippen LogP contribution in [0.25, 0.3) is 11.5 Å². The van der Waals surface area contributed by atoms with E-state index < -0.39 is 0 Å². The molecule has 0 spiro atoms. The molecule has 2 aromatic heterocycles. The molecule has 0 saturated heterocycles. The van der Waals surface area contributed by atoms with Crippen LogP contribution in [0.1, 0.15) is 5.69 Å². The molecule has 0 bridgehead atoms. The van der Waals surface area contributed by atoms with Crippen molar-refractivity contribution >= 4 is 27.5 Å². The van der Waals surface area contributed by atoms with Crippen LogP contribution < -0.4 is 0 Å². The zero-order valence-electron chi connectivity index (χ0n) is 8.89. The lowest BCUT2D eigenvalue weighted by atomic mass is 10.3. The van der Waals surface area contributed by atoms with Gasteiger partial charge in [-0.2, -0.15) is 0 Å². The second kappa shape index (κ2) is 5.48.